The smallest absolute Gasteiger partial charge is 0.283 e. The third-order valence-electron chi connectivity index (χ3n) is 2.99. The van der Waals surface area contributed by atoms with Crippen molar-refractivity contribution in [2.24, 2.45) is 5.41 Å². The number of nitro benzene ring substituents is 1. The summed E-state index contributed by atoms with van der Waals surface area (Å²) in [5.74, 6) is -0.592. The number of carbonyl (C=O) groups is 1. The molecule has 0 heterocycles. The molecule has 0 saturated heterocycles. The summed E-state index contributed by atoms with van der Waals surface area (Å²) in [5, 5.41) is 23.0. The largest absolute Gasteiger partial charge is 0.393 e. The maximum absolute atomic E-state index is 12.2. The Morgan fingerprint density at radius 2 is 2.14 bits per heavy atom. The van der Waals surface area contributed by atoms with Crippen LogP contribution in [0.2, 0.25) is 5.02 Å². The number of carbonyl (C=O) groups excluding carboxylic acids is 1. The van der Waals surface area contributed by atoms with Crippen LogP contribution in [-0.2, 0) is 0 Å². The van der Waals surface area contributed by atoms with E-state index in [2.05, 4.69) is 5.32 Å². The summed E-state index contributed by atoms with van der Waals surface area (Å²) in [6.45, 7) is 5.73. The molecule has 0 saturated carbocycles. The number of aliphatic hydroxyl groups is 1. The van der Waals surface area contributed by atoms with Gasteiger partial charge in [0.05, 0.1) is 16.0 Å². The number of hydrogen-bond donors (Lipinski definition) is 2. The second-order valence-electron chi connectivity index (χ2n) is 5.79. The zero-order valence-electron chi connectivity index (χ0n) is 12.2. The molecule has 1 unspecified atom stereocenters. The second-order valence-corrected chi connectivity index (χ2v) is 6.20. The first-order chi connectivity index (χ1) is 9.64. The first-order valence-electron chi connectivity index (χ1n) is 6.53. The average molecular weight is 315 g/mol. The maximum atomic E-state index is 12.2. The molecule has 0 bridgehead atoms. The van der Waals surface area contributed by atoms with E-state index in [1.54, 1.807) is 6.92 Å². The Morgan fingerprint density at radius 3 is 2.67 bits per heavy atom. The summed E-state index contributed by atoms with van der Waals surface area (Å²) in [6, 6.07) is 4.10. The van der Waals surface area contributed by atoms with E-state index in [0.29, 0.717) is 6.42 Å². The van der Waals surface area contributed by atoms with Crippen LogP contribution in [0.25, 0.3) is 0 Å². The molecule has 1 aromatic carbocycles. The fourth-order valence-corrected chi connectivity index (χ4v) is 2.42. The van der Waals surface area contributed by atoms with Gasteiger partial charge in [-0.2, -0.15) is 0 Å². The van der Waals surface area contributed by atoms with Crippen molar-refractivity contribution in [2.45, 2.75) is 33.3 Å². The highest BCUT2D eigenvalue weighted by Gasteiger charge is 2.26. The molecule has 116 valence electrons. The average Bonchev–Trinajstić information content (AvgIpc) is 2.34. The number of rotatable bonds is 6. The van der Waals surface area contributed by atoms with Crippen LogP contribution in [0.15, 0.2) is 18.2 Å². The Morgan fingerprint density at radius 1 is 1.52 bits per heavy atom. The molecule has 6 nitrogen and oxygen atoms in total. The minimum absolute atomic E-state index is 0.0371. The van der Waals surface area contributed by atoms with E-state index in [1.165, 1.54) is 18.2 Å². The predicted octanol–water partition coefficient (Wildman–Crippen LogP) is 2.78. The number of amides is 1. The highest BCUT2D eigenvalue weighted by molar-refractivity contribution is 6.34. The van der Waals surface area contributed by atoms with E-state index in [-0.39, 0.29) is 28.2 Å². The predicted molar refractivity (Wildman–Crippen MR) is 80.5 cm³/mol. The molecule has 1 rings (SSSR count). The molecule has 1 amide bonds. The van der Waals surface area contributed by atoms with Crippen molar-refractivity contribution in [1.82, 2.24) is 5.32 Å². The minimum atomic E-state index is -0.637. The van der Waals surface area contributed by atoms with Crippen LogP contribution in [0, 0.1) is 15.5 Å². The van der Waals surface area contributed by atoms with Crippen LogP contribution in [0.4, 0.5) is 5.69 Å². The lowest BCUT2D eigenvalue weighted by molar-refractivity contribution is -0.385. The highest BCUT2D eigenvalue weighted by Crippen LogP contribution is 2.27. The lowest BCUT2D eigenvalue weighted by Crippen LogP contribution is -2.36. The van der Waals surface area contributed by atoms with E-state index in [0.717, 1.165) is 0 Å². The molecule has 1 aromatic rings. The standard InChI is InChI=1S/C14H19ClN2O4/c1-9(18)7-14(2,3)8-16-13(19)12-10(15)5-4-6-11(12)17(20)21/h4-6,9,18H,7-8H2,1-3H3,(H,16,19). The Labute approximate surface area is 128 Å². The molecule has 7 heteroatoms. The van der Waals surface area contributed by atoms with E-state index in [9.17, 15) is 20.0 Å². The van der Waals surface area contributed by atoms with E-state index in [1.807, 2.05) is 13.8 Å². The number of hydrogen-bond acceptors (Lipinski definition) is 4. The molecule has 21 heavy (non-hydrogen) atoms. The summed E-state index contributed by atoms with van der Waals surface area (Å²) < 4.78 is 0. The number of halogens is 1. The van der Waals surface area contributed by atoms with Gasteiger partial charge in [-0.05, 0) is 24.8 Å². The summed E-state index contributed by atoms with van der Waals surface area (Å²) in [7, 11) is 0. The Kier molecular flexibility index (Phi) is 5.69. The van der Waals surface area contributed by atoms with Gasteiger partial charge in [0.25, 0.3) is 11.6 Å². The van der Waals surface area contributed by atoms with Gasteiger partial charge in [0.15, 0.2) is 0 Å². The van der Waals surface area contributed by atoms with Crippen molar-refractivity contribution in [3.05, 3.63) is 38.9 Å². The topological polar surface area (TPSA) is 92.5 Å². The van der Waals surface area contributed by atoms with Crippen molar-refractivity contribution < 1.29 is 14.8 Å². The van der Waals surface area contributed by atoms with Crippen molar-refractivity contribution in [2.75, 3.05) is 6.54 Å². The number of aliphatic hydroxyl groups excluding tert-OH is 1. The van der Waals surface area contributed by atoms with Gasteiger partial charge in [0.1, 0.15) is 5.56 Å². The molecular weight excluding hydrogens is 296 g/mol. The van der Waals surface area contributed by atoms with Gasteiger partial charge >= 0.3 is 0 Å². The number of nitrogens with one attached hydrogen (secondary N) is 1. The quantitative estimate of drug-likeness (QED) is 0.623. The molecule has 0 spiro atoms. The molecule has 0 aliphatic carbocycles. The molecule has 2 N–H and O–H groups in total. The van der Waals surface area contributed by atoms with Gasteiger partial charge < -0.3 is 10.4 Å². The maximum Gasteiger partial charge on any atom is 0.283 e. The molecular formula is C14H19ClN2O4. The number of benzene rings is 1. The van der Waals surface area contributed by atoms with Gasteiger partial charge in [0.2, 0.25) is 0 Å². The Bertz CT molecular complexity index is 544. The highest BCUT2D eigenvalue weighted by atomic mass is 35.5. The zero-order chi connectivity index (χ0) is 16.2. The SMILES string of the molecule is CC(O)CC(C)(C)CNC(=O)c1c(Cl)cccc1[N+](=O)[O-]. The number of nitro groups is 1. The van der Waals surface area contributed by atoms with Gasteiger partial charge in [0, 0.05) is 12.6 Å². The summed E-state index contributed by atoms with van der Waals surface area (Å²) in [6.07, 6.45) is 0.00398. The van der Waals surface area contributed by atoms with E-state index >= 15 is 0 Å². The van der Waals surface area contributed by atoms with Crippen LogP contribution in [0.3, 0.4) is 0 Å². The van der Waals surface area contributed by atoms with Crippen molar-refractivity contribution in [3.8, 4) is 0 Å². The van der Waals surface area contributed by atoms with Crippen LogP contribution in [0.1, 0.15) is 37.6 Å². The van der Waals surface area contributed by atoms with E-state index < -0.39 is 16.9 Å². The zero-order valence-corrected chi connectivity index (χ0v) is 13.0. The molecule has 1 atom stereocenters. The second kappa shape index (κ2) is 6.87. The van der Waals surface area contributed by atoms with Crippen molar-refractivity contribution >= 4 is 23.2 Å². The van der Waals surface area contributed by atoms with Crippen LogP contribution < -0.4 is 5.32 Å². The van der Waals surface area contributed by atoms with Crippen LogP contribution >= 0.6 is 11.6 Å². The summed E-state index contributed by atoms with van der Waals surface area (Å²) in [5.41, 5.74) is -0.801. The summed E-state index contributed by atoms with van der Waals surface area (Å²) in [4.78, 5) is 22.5. The molecule has 0 fully saturated rings. The summed E-state index contributed by atoms with van der Waals surface area (Å²) >= 11 is 5.90. The molecule has 0 aliphatic rings. The molecule has 0 aliphatic heterocycles. The van der Waals surface area contributed by atoms with Gasteiger partial charge in [-0.3, -0.25) is 14.9 Å². The normalized spacial score (nSPS) is 12.8. The van der Waals surface area contributed by atoms with Crippen LogP contribution in [0.5, 0.6) is 0 Å². The monoisotopic (exact) mass is 314 g/mol. The van der Waals surface area contributed by atoms with E-state index in [4.69, 9.17) is 11.6 Å². The Balaban J connectivity index is 2.88. The van der Waals surface area contributed by atoms with Gasteiger partial charge in [-0.25, -0.2) is 0 Å². The van der Waals surface area contributed by atoms with Gasteiger partial charge in [-0.1, -0.05) is 31.5 Å². The third-order valence-corrected chi connectivity index (χ3v) is 3.31. The third kappa shape index (κ3) is 4.99. The molecule has 0 aromatic heterocycles. The Hall–Kier alpha value is -1.66. The van der Waals surface area contributed by atoms with Crippen LogP contribution in [-0.4, -0.2) is 28.6 Å². The fourth-order valence-electron chi connectivity index (χ4n) is 2.17. The lowest BCUT2D eigenvalue weighted by atomic mass is 9.87. The molecule has 0 radical (unpaired) electrons. The number of nitrogens with zero attached hydrogens (tertiary/aromatic N) is 1. The lowest BCUT2D eigenvalue weighted by Gasteiger charge is -2.26. The minimum Gasteiger partial charge on any atom is -0.393 e. The van der Waals surface area contributed by atoms with Crippen molar-refractivity contribution in [1.29, 1.82) is 0 Å². The van der Waals surface area contributed by atoms with Crippen molar-refractivity contribution in [3.63, 3.8) is 0 Å². The first-order valence-corrected chi connectivity index (χ1v) is 6.91. The fraction of sp³-hybridized carbons (Fsp3) is 0.500. The van der Waals surface area contributed by atoms with Gasteiger partial charge in [-0.15, -0.1) is 0 Å². The first kappa shape index (κ1) is 17.4.